The third-order valence-corrected chi connectivity index (χ3v) is 4.36. The largest absolute Gasteiger partial charge is 0.490 e. The summed E-state index contributed by atoms with van der Waals surface area (Å²) in [7, 11) is 1.66. The molecule has 0 radical (unpaired) electrons. The number of nitrogens with zero attached hydrogens (tertiary/aromatic N) is 2. The van der Waals surface area contributed by atoms with Crippen molar-refractivity contribution < 1.29 is 4.74 Å². The maximum Gasteiger partial charge on any atom is 0.197 e. The molecule has 1 aromatic rings. The van der Waals surface area contributed by atoms with Gasteiger partial charge in [-0.2, -0.15) is 4.37 Å². The fourth-order valence-electron chi connectivity index (χ4n) is 2.51. The molecule has 1 aliphatic rings. The second-order valence-corrected chi connectivity index (χ2v) is 5.38. The lowest BCUT2D eigenvalue weighted by Crippen LogP contribution is -2.33. The number of methoxy groups -OCH3 is 1. The van der Waals surface area contributed by atoms with Gasteiger partial charge in [-0.3, -0.25) is 0 Å². The molecule has 2 heterocycles. The van der Waals surface area contributed by atoms with Crippen molar-refractivity contribution in [3.8, 4) is 5.75 Å². The first-order valence-corrected chi connectivity index (χ1v) is 7.07. The summed E-state index contributed by atoms with van der Waals surface area (Å²) >= 11 is 1.45. The molecule has 5 heteroatoms. The van der Waals surface area contributed by atoms with Crippen LogP contribution in [0.5, 0.6) is 5.75 Å². The minimum absolute atomic E-state index is 0.517. The number of aromatic nitrogens is 1. The molecular weight excluding hydrogens is 234 g/mol. The Morgan fingerprint density at radius 1 is 1.47 bits per heavy atom. The molecule has 1 saturated heterocycles. The fourth-order valence-corrected chi connectivity index (χ4v) is 3.35. The average Bonchev–Trinajstić information content (AvgIpc) is 2.72. The van der Waals surface area contributed by atoms with E-state index in [-0.39, 0.29) is 0 Å². The summed E-state index contributed by atoms with van der Waals surface area (Å²) in [5.74, 6) is 2.17. The molecule has 0 aromatic carbocycles. The molecule has 0 amide bonds. The summed E-state index contributed by atoms with van der Waals surface area (Å²) in [4.78, 5) is 2.36. The second-order valence-electron chi connectivity index (χ2n) is 4.63. The van der Waals surface area contributed by atoms with Crippen molar-refractivity contribution in [1.29, 1.82) is 0 Å². The smallest absolute Gasteiger partial charge is 0.197 e. The van der Waals surface area contributed by atoms with Gasteiger partial charge in [-0.15, -0.1) is 0 Å². The molecule has 1 fully saturated rings. The number of rotatable bonds is 4. The number of nitrogen functional groups attached to an aromatic ring is 1. The topological polar surface area (TPSA) is 51.4 Å². The first-order chi connectivity index (χ1) is 8.26. The highest BCUT2D eigenvalue weighted by molar-refractivity contribution is 7.11. The maximum absolute atomic E-state index is 5.78. The minimum atomic E-state index is 0.517. The van der Waals surface area contributed by atoms with E-state index in [4.69, 9.17) is 10.5 Å². The van der Waals surface area contributed by atoms with Crippen LogP contribution in [0.4, 0.5) is 10.8 Å². The lowest BCUT2D eigenvalue weighted by molar-refractivity contribution is 0.374. The van der Waals surface area contributed by atoms with E-state index in [1.165, 1.54) is 37.2 Å². The highest BCUT2D eigenvalue weighted by Crippen LogP contribution is 2.39. The van der Waals surface area contributed by atoms with E-state index in [0.717, 1.165) is 29.8 Å². The summed E-state index contributed by atoms with van der Waals surface area (Å²) < 4.78 is 9.50. The SMILES string of the molecule is CCCC1CCN(c2snc(N)c2OC)CC1. The Balaban J connectivity index is 2.00. The lowest BCUT2D eigenvalue weighted by atomic mass is 9.93. The minimum Gasteiger partial charge on any atom is -0.490 e. The number of hydrogen-bond donors (Lipinski definition) is 1. The van der Waals surface area contributed by atoms with Crippen LogP contribution in [0.2, 0.25) is 0 Å². The second kappa shape index (κ2) is 5.58. The summed E-state index contributed by atoms with van der Waals surface area (Å²) in [5.41, 5.74) is 5.78. The van der Waals surface area contributed by atoms with Crippen LogP contribution >= 0.6 is 11.5 Å². The molecule has 1 aliphatic heterocycles. The van der Waals surface area contributed by atoms with Crippen LogP contribution in [-0.2, 0) is 0 Å². The Kier molecular flexibility index (Phi) is 4.10. The third kappa shape index (κ3) is 2.65. The van der Waals surface area contributed by atoms with Gasteiger partial charge >= 0.3 is 0 Å². The number of nitrogens with two attached hydrogens (primary N) is 1. The number of piperidine rings is 1. The van der Waals surface area contributed by atoms with Crippen molar-refractivity contribution in [3.05, 3.63) is 0 Å². The van der Waals surface area contributed by atoms with Gasteiger partial charge in [0, 0.05) is 13.1 Å². The lowest BCUT2D eigenvalue weighted by Gasteiger charge is -2.32. The van der Waals surface area contributed by atoms with E-state index < -0.39 is 0 Å². The fraction of sp³-hybridized carbons (Fsp3) is 0.750. The van der Waals surface area contributed by atoms with Crippen LogP contribution in [0, 0.1) is 5.92 Å². The van der Waals surface area contributed by atoms with E-state index in [9.17, 15) is 0 Å². The molecule has 0 unspecified atom stereocenters. The van der Waals surface area contributed by atoms with Crippen LogP contribution in [0.15, 0.2) is 0 Å². The van der Waals surface area contributed by atoms with E-state index in [1.807, 2.05) is 0 Å². The quantitative estimate of drug-likeness (QED) is 0.899. The predicted molar refractivity (Wildman–Crippen MR) is 72.9 cm³/mol. The summed E-state index contributed by atoms with van der Waals surface area (Å²) in [6, 6.07) is 0. The standard InChI is InChI=1S/C12H21N3OS/c1-3-4-9-5-7-15(8-6-9)12-10(16-2)11(13)14-17-12/h9H,3-8H2,1-2H3,(H2,13,14). The molecule has 96 valence electrons. The highest BCUT2D eigenvalue weighted by atomic mass is 32.1. The maximum atomic E-state index is 5.78. The van der Waals surface area contributed by atoms with E-state index in [1.54, 1.807) is 7.11 Å². The van der Waals surface area contributed by atoms with E-state index in [0.29, 0.717) is 5.82 Å². The normalized spacial score (nSPS) is 17.4. The van der Waals surface area contributed by atoms with Crippen molar-refractivity contribution in [2.75, 3.05) is 30.8 Å². The van der Waals surface area contributed by atoms with Crippen LogP contribution in [0.25, 0.3) is 0 Å². The molecular formula is C12H21N3OS. The van der Waals surface area contributed by atoms with Gasteiger partial charge < -0.3 is 15.4 Å². The zero-order chi connectivity index (χ0) is 12.3. The zero-order valence-corrected chi connectivity index (χ0v) is 11.4. The molecule has 4 nitrogen and oxygen atoms in total. The van der Waals surface area contributed by atoms with Gasteiger partial charge in [-0.05, 0) is 30.3 Å². The van der Waals surface area contributed by atoms with Gasteiger partial charge in [-0.1, -0.05) is 19.8 Å². The Morgan fingerprint density at radius 2 is 2.18 bits per heavy atom. The Morgan fingerprint density at radius 3 is 2.76 bits per heavy atom. The molecule has 0 atom stereocenters. The molecule has 0 bridgehead atoms. The molecule has 0 spiro atoms. The number of hydrogen-bond acceptors (Lipinski definition) is 5. The molecule has 0 aliphatic carbocycles. The van der Waals surface area contributed by atoms with Crippen LogP contribution in [0.1, 0.15) is 32.6 Å². The third-order valence-electron chi connectivity index (χ3n) is 3.46. The Bertz CT molecular complexity index is 359. The zero-order valence-electron chi connectivity index (χ0n) is 10.6. The van der Waals surface area contributed by atoms with Crippen molar-refractivity contribution in [2.24, 2.45) is 5.92 Å². The first kappa shape index (κ1) is 12.5. The van der Waals surface area contributed by atoms with Crippen LogP contribution in [-0.4, -0.2) is 24.6 Å². The summed E-state index contributed by atoms with van der Waals surface area (Å²) in [6.45, 7) is 4.46. The Labute approximate surface area is 107 Å². The van der Waals surface area contributed by atoms with Gasteiger partial charge in [0.05, 0.1) is 7.11 Å². The van der Waals surface area contributed by atoms with Gasteiger partial charge in [0.15, 0.2) is 16.6 Å². The predicted octanol–water partition coefficient (Wildman–Crippen LogP) is 2.75. The average molecular weight is 255 g/mol. The van der Waals surface area contributed by atoms with Crippen LogP contribution < -0.4 is 15.4 Å². The van der Waals surface area contributed by atoms with Gasteiger partial charge in [-0.25, -0.2) is 0 Å². The molecule has 1 aromatic heterocycles. The van der Waals surface area contributed by atoms with Gasteiger partial charge in [0.1, 0.15) is 0 Å². The van der Waals surface area contributed by atoms with Crippen molar-refractivity contribution in [1.82, 2.24) is 4.37 Å². The Hall–Kier alpha value is -0.970. The summed E-state index contributed by atoms with van der Waals surface area (Å²) in [6.07, 6.45) is 5.20. The molecule has 2 rings (SSSR count). The van der Waals surface area contributed by atoms with Gasteiger partial charge in [0.25, 0.3) is 0 Å². The van der Waals surface area contributed by atoms with Crippen LogP contribution in [0.3, 0.4) is 0 Å². The van der Waals surface area contributed by atoms with Crippen molar-refractivity contribution in [3.63, 3.8) is 0 Å². The van der Waals surface area contributed by atoms with Crippen molar-refractivity contribution >= 4 is 22.4 Å². The van der Waals surface area contributed by atoms with E-state index in [2.05, 4.69) is 16.2 Å². The molecule has 0 saturated carbocycles. The van der Waals surface area contributed by atoms with Gasteiger partial charge in [0.2, 0.25) is 0 Å². The summed E-state index contributed by atoms with van der Waals surface area (Å²) in [5, 5.41) is 1.10. The number of ether oxygens (including phenoxy) is 1. The van der Waals surface area contributed by atoms with E-state index >= 15 is 0 Å². The number of anilines is 2. The molecule has 2 N–H and O–H groups in total. The highest BCUT2D eigenvalue weighted by Gasteiger charge is 2.23. The first-order valence-electron chi connectivity index (χ1n) is 6.30. The van der Waals surface area contributed by atoms with Crippen molar-refractivity contribution in [2.45, 2.75) is 32.6 Å². The molecule has 17 heavy (non-hydrogen) atoms. The monoisotopic (exact) mass is 255 g/mol.